The summed E-state index contributed by atoms with van der Waals surface area (Å²) < 4.78 is 0. The molecule has 93 heavy (non-hydrogen) atoms. The van der Waals surface area contributed by atoms with E-state index in [0.717, 1.165) is 0 Å². The Kier molecular flexibility index (Phi) is 41.0. The van der Waals surface area contributed by atoms with Crippen LogP contribution in [0, 0.1) is 11.8 Å². The molecule has 12 amide bonds. The standard InChI is InChI=1S/C64H113N17O12/c1-40(2)37-51-62(91)76-45(24-10-16-32-66)56(85)74-49(28-14-20-36-71-42(5)82)60(89)81-53(39-43-21-7-6-8-22-43)64(93)77-46(25-11-17-33-67)57(86)73-48(27-13-19-35-69)59(88)80-52(38-41(3)4)63(92)78-50(29-30-54(70)83)61(90)75-44(23-9-15-31-65)55(84)72-47(58(87)79-51)26-12-18-34-68/h6-8,21-22,40-41,44-53H,9-20,23-39,65-69H2,1-5H3,(H2,70,83)(H,71,82)(H,72,84)(H,73,86)(H,74,85)(H,75,90)(H,76,91)(H,77,93)(H,78,92)(H,79,87)(H,80,88)(H,81,89)/t44-,45-,46-,47-,48-,49-,50-,51-,52-,53-/m0/s1. The van der Waals surface area contributed by atoms with Gasteiger partial charge in [0, 0.05) is 26.3 Å². The van der Waals surface area contributed by atoms with Gasteiger partial charge in [-0.15, -0.1) is 0 Å². The quantitative estimate of drug-likeness (QED) is 0.0346. The van der Waals surface area contributed by atoms with Gasteiger partial charge < -0.3 is 92.9 Å². The summed E-state index contributed by atoms with van der Waals surface area (Å²) in [6, 6.07) is -4.74. The number of unbranched alkanes of at least 4 members (excludes halogenated alkanes) is 6. The van der Waals surface area contributed by atoms with Crippen LogP contribution in [0.15, 0.2) is 30.3 Å². The smallest absolute Gasteiger partial charge is 0.243 e. The Morgan fingerprint density at radius 1 is 0.366 bits per heavy atom. The highest BCUT2D eigenvalue weighted by atomic mass is 16.2. The Labute approximate surface area is 549 Å². The van der Waals surface area contributed by atoms with Gasteiger partial charge in [-0.25, -0.2) is 0 Å². The van der Waals surface area contributed by atoms with E-state index in [1.807, 2.05) is 13.8 Å². The van der Waals surface area contributed by atoms with Crippen LogP contribution < -0.4 is 92.9 Å². The summed E-state index contributed by atoms with van der Waals surface area (Å²) in [6.07, 6.45) is 3.94. The summed E-state index contributed by atoms with van der Waals surface area (Å²) in [7, 11) is 0. The third-order valence-corrected chi connectivity index (χ3v) is 15.7. The van der Waals surface area contributed by atoms with Crippen molar-refractivity contribution in [2.24, 2.45) is 46.2 Å². The molecule has 0 radical (unpaired) electrons. The molecule has 1 aromatic carbocycles. The van der Waals surface area contributed by atoms with E-state index in [1.54, 1.807) is 44.2 Å². The second kappa shape index (κ2) is 46.7. The average Bonchev–Trinajstić information content (AvgIpc) is 2.04. The van der Waals surface area contributed by atoms with Crippen LogP contribution in [0.1, 0.15) is 181 Å². The molecule has 2 rings (SSSR count). The third kappa shape index (κ3) is 33.9. The topological polar surface area (TPSA) is 493 Å². The largest absolute Gasteiger partial charge is 0.370 e. The minimum atomic E-state index is -1.51. The molecule has 10 atom stereocenters. The second-order valence-electron chi connectivity index (χ2n) is 25.0. The van der Waals surface area contributed by atoms with E-state index in [9.17, 15) is 57.5 Å². The fourth-order valence-electron chi connectivity index (χ4n) is 10.6. The van der Waals surface area contributed by atoms with Crippen LogP contribution in [0.25, 0.3) is 0 Å². The summed E-state index contributed by atoms with van der Waals surface area (Å²) in [5.41, 5.74) is 35.6. The second-order valence-corrected chi connectivity index (χ2v) is 25.0. The maximum absolute atomic E-state index is 14.9. The van der Waals surface area contributed by atoms with Gasteiger partial charge in [-0.3, -0.25) is 57.5 Å². The molecular weight excluding hydrogens is 1200 g/mol. The molecule has 0 bridgehead atoms. The van der Waals surface area contributed by atoms with Gasteiger partial charge in [-0.2, -0.15) is 0 Å². The van der Waals surface area contributed by atoms with E-state index in [2.05, 4.69) is 58.5 Å². The zero-order valence-electron chi connectivity index (χ0n) is 55.7. The van der Waals surface area contributed by atoms with Crippen molar-refractivity contribution in [2.75, 3.05) is 39.3 Å². The lowest BCUT2D eigenvalue weighted by molar-refractivity contribution is -0.137. The van der Waals surface area contributed by atoms with E-state index in [4.69, 9.17) is 34.4 Å². The Hall–Kier alpha value is -7.34. The number of amides is 12. The van der Waals surface area contributed by atoms with Crippen molar-refractivity contribution in [1.82, 2.24) is 58.5 Å². The number of nitrogens with two attached hydrogens (primary N) is 6. The zero-order chi connectivity index (χ0) is 69.3. The van der Waals surface area contributed by atoms with Gasteiger partial charge in [-0.05, 0) is 185 Å². The van der Waals surface area contributed by atoms with E-state index < -0.39 is 132 Å². The van der Waals surface area contributed by atoms with Crippen LogP contribution in [0.2, 0.25) is 0 Å². The summed E-state index contributed by atoms with van der Waals surface area (Å²) in [5.74, 6) is -9.55. The van der Waals surface area contributed by atoms with Crippen molar-refractivity contribution in [3.8, 4) is 0 Å². The molecule has 1 aliphatic heterocycles. The van der Waals surface area contributed by atoms with Crippen LogP contribution in [-0.4, -0.2) is 171 Å². The van der Waals surface area contributed by atoms with Crippen molar-refractivity contribution in [1.29, 1.82) is 0 Å². The first-order chi connectivity index (χ1) is 44.4. The molecule has 1 saturated heterocycles. The molecule has 1 fully saturated rings. The monoisotopic (exact) mass is 1310 g/mol. The van der Waals surface area contributed by atoms with E-state index in [1.165, 1.54) is 6.92 Å². The molecule has 23 N–H and O–H groups in total. The first-order valence-electron chi connectivity index (χ1n) is 33.5. The van der Waals surface area contributed by atoms with E-state index in [0.29, 0.717) is 76.2 Å². The number of hydrogen-bond acceptors (Lipinski definition) is 17. The number of carbonyl (C=O) groups excluding carboxylic acids is 12. The molecular formula is C64H113N17O12. The molecule has 0 spiro atoms. The SMILES string of the molecule is CC(=O)NCCCC[C@@H]1NC(=O)[C@H](CCCCN)NC(=O)[C@H](CC(C)C)NC(=O)[C@H](CCCCN)NC(=O)[C@H](CCCCN)NC(=O)[C@H](CCC(N)=O)NC(=O)[C@H](CC(C)C)NC(=O)[C@H](CCCCN)NC(=O)[C@H](CCCCN)NC(=O)[C@H](Cc2ccccc2)NC1=O. The van der Waals surface area contributed by atoms with Gasteiger partial charge in [0.15, 0.2) is 0 Å². The molecule has 1 aliphatic rings. The number of rotatable bonds is 34. The van der Waals surface area contributed by atoms with Crippen molar-refractivity contribution >= 4 is 70.9 Å². The predicted octanol–water partition coefficient (Wildman–Crippen LogP) is -1.60. The average molecular weight is 1310 g/mol. The van der Waals surface area contributed by atoms with Crippen LogP contribution in [0.4, 0.5) is 0 Å². The van der Waals surface area contributed by atoms with Crippen LogP contribution in [0.3, 0.4) is 0 Å². The lowest BCUT2D eigenvalue weighted by Crippen LogP contribution is -2.61. The normalized spacial score (nSPS) is 23.2. The lowest BCUT2D eigenvalue weighted by Gasteiger charge is -2.30. The van der Waals surface area contributed by atoms with Crippen molar-refractivity contribution in [3.63, 3.8) is 0 Å². The van der Waals surface area contributed by atoms with Crippen molar-refractivity contribution < 1.29 is 57.5 Å². The Morgan fingerprint density at radius 2 is 0.613 bits per heavy atom. The van der Waals surface area contributed by atoms with Gasteiger partial charge in [0.25, 0.3) is 0 Å². The molecule has 1 heterocycles. The maximum Gasteiger partial charge on any atom is 0.243 e. The van der Waals surface area contributed by atoms with Gasteiger partial charge in [-0.1, -0.05) is 58.0 Å². The van der Waals surface area contributed by atoms with Gasteiger partial charge in [0.2, 0.25) is 70.9 Å². The molecule has 0 saturated carbocycles. The number of benzene rings is 1. The summed E-state index contributed by atoms with van der Waals surface area (Å²) >= 11 is 0. The van der Waals surface area contributed by atoms with Gasteiger partial charge >= 0.3 is 0 Å². The number of primary amides is 1. The fraction of sp³-hybridized carbons (Fsp3) is 0.719. The molecule has 29 heteroatoms. The summed E-state index contributed by atoms with van der Waals surface area (Å²) in [4.78, 5) is 171. The highest BCUT2D eigenvalue weighted by molar-refractivity contribution is 5.99. The Morgan fingerprint density at radius 3 is 0.882 bits per heavy atom. The van der Waals surface area contributed by atoms with Crippen LogP contribution >= 0.6 is 0 Å². The lowest BCUT2D eigenvalue weighted by atomic mass is 9.99. The van der Waals surface area contributed by atoms with Crippen molar-refractivity contribution in [2.45, 2.75) is 243 Å². The molecule has 1 aromatic rings. The number of hydrogen-bond donors (Lipinski definition) is 17. The highest BCUT2D eigenvalue weighted by Gasteiger charge is 2.37. The summed E-state index contributed by atoms with van der Waals surface area (Å²) in [5, 5.41) is 30.5. The third-order valence-electron chi connectivity index (χ3n) is 15.7. The van der Waals surface area contributed by atoms with Gasteiger partial charge in [0.05, 0.1) is 0 Å². The molecule has 0 aliphatic carbocycles. The van der Waals surface area contributed by atoms with Crippen molar-refractivity contribution in [3.05, 3.63) is 35.9 Å². The Bertz CT molecular complexity index is 2490. The molecule has 0 unspecified atom stereocenters. The minimum Gasteiger partial charge on any atom is -0.370 e. The summed E-state index contributed by atoms with van der Waals surface area (Å²) in [6.45, 7) is 10.1. The number of nitrogens with one attached hydrogen (secondary N) is 11. The fourth-order valence-corrected chi connectivity index (χ4v) is 10.6. The number of carbonyl (C=O) groups is 12. The first-order valence-corrected chi connectivity index (χ1v) is 33.5. The highest BCUT2D eigenvalue weighted by Crippen LogP contribution is 2.16. The molecule has 0 aromatic heterocycles. The van der Waals surface area contributed by atoms with E-state index >= 15 is 0 Å². The predicted molar refractivity (Wildman–Crippen MR) is 354 cm³/mol. The zero-order valence-corrected chi connectivity index (χ0v) is 55.7. The maximum atomic E-state index is 14.9. The van der Waals surface area contributed by atoms with Crippen LogP contribution in [-0.2, 0) is 64.0 Å². The van der Waals surface area contributed by atoms with Gasteiger partial charge in [0.1, 0.15) is 60.4 Å². The molecule has 29 nitrogen and oxygen atoms in total. The molecule has 526 valence electrons. The first kappa shape index (κ1) is 81.8. The Balaban J connectivity index is 3.04. The van der Waals surface area contributed by atoms with Crippen LogP contribution in [0.5, 0.6) is 0 Å². The van der Waals surface area contributed by atoms with E-state index in [-0.39, 0.29) is 128 Å². The minimum absolute atomic E-state index is 0.00308.